The second-order valence-electron chi connectivity index (χ2n) is 9.09. The standard InChI is InChI=1S/C22H33N3O3/c1-16-12-23-19(17(2)21(16)27)14-24-9-7-22(8-10-24)6-5-20(26)25(15-22)13-18-4-3-11-28-18/h12,18H,3-11,13-15H2,1-2H3,(H,23,27)/t18-/m0/s1. The van der Waals surface area contributed by atoms with Gasteiger partial charge in [0, 0.05) is 55.7 Å². The van der Waals surface area contributed by atoms with Gasteiger partial charge in [-0.2, -0.15) is 0 Å². The Morgan fingerprint density at radius 1 is 1.21 bits per heavy atom. The van der Waals surface area contributed by atoms with Gasteiger partial charge in [-0.3, -0.25) is 14.5 Å². The first-order chi connectivity index (χ1) is 13.5. The van der Waals surface area contributed by atoms with E-state index in [2.05, 4.69) is 14.8 Å². The summed E-state index contributed by atoms with van der Waals surface area (Å²) in [4.78, 5) is 32.5. The molecule has 4 rings (SSSR count). The van der Waals surface area contributed by atoms with Crippen LogP contribution in [0.1, 0.15) is 55.3 Å². The first-order valence-corrected chi connectivity index (χ1v) is 10.8. The molecule has 0 aromatic carbocycles. The number of hydrogen-bond acceptors (Lipinski definition) is 4. The Kier molecular flexibility index (Phi) is 5.61. The Labute approximate surface area is 167 Å². The molecule has 6 nitrogen and oxygen atoms in total. The van der Waals surface area contributed by atoms with E-state index in [0.717, 1.165) is 88.3 Å². The first kappa shape index (κ1) is 19.6. The number of hydrogen-bond donors (Lipinski definition) is 1. The van der Waals surface area contributed by atoms with Crippen LogP contribution in [0.3, 0.4) is 0 Å². The molecule has 1 aromatic rings. The van der Waals surface area contributed by atoms with Crippen LogP contribution in [0.2, 0.25) is 0 Å². The lowest BCUT2D eigenvalue weighted by Gasteiger charge is -2.48. The Morgan fingerprint density at radius 3 is 2.71 bits per heavy atom. The van der Waals surface area contributed by atoms with Gasteiger partial charge in [0.1, 0.15) is 0 Å². The normalized spacial score (nSPS) is 25.6. The maximum absolute atomic E-state index is 12.4. The molecule has 0 aliphatic carbocycles. The number of likely N-dealkylation sites (tertiary alicyclic amines) is 2. The zero-order valence-corrected chi connectivity index (χ0v) is 17.3. The maximum Gasteiger partial charge on any atom is 0.222 e. The fourth-order valence-corrected chi connectivity index (χ4v) is 5.09. The van der Waals surface area contributed by atoms with Gasteiger partial charge < -0.3 is 14.6 Å². The molecule has 0 unspecified atom stereocenters. The number of piperidine rings is 2. The van der Waals surface area contributed by atoms with Crippen LogP contribution >= 0.6 is 0 Å². The molecule has 28 heavy (non-hydrogen) atoms. The van der Waals surface area contributed by atoms with Crippen LogP contribution in [-0.2, 0) is 16.1 Å². The van der Waals surface area contributed by atoms with Gasteiger partial charge >= 0.3 is 0 Å². The predicted molar refractivity (Wildman–Crippen MR) is 108 cm³/mol. The number of ether oxygens (including phenoxy) is 1. The topological polar surface area (TPSA) is 65.6 Å². The SMILES string of the molecule is Cc1c[nH]c(CN2CCC3(CCC(=O)N(C[C@@H]4CCCO4)C3)CC2)c(C)c1=O. The van der Waals surface area contributed by atoms with E-state index in [1.54, 1.807) is 0 Å². The van der Waals surface area contributed by atoms with E-state index in [4.69, 9.17) is 4.74 Å². The summed E-state index contributed by atoms with van der Waals surface area (Å²) in [6.45, 7) is 9.13. The molecule has 1 aromatic heterocycles. The van der Waals surface area contributed by atoms with Crippen LogP contribution in [0.25, 0.3) is 0 Å². The molecule has 3 fully saturated rings. The van der Waals surface area contributed by atoms with Gasteiger partial charge in [-0.1, -0.05) is 0 Å². The number of carbonyl (C=O) groups is 1. The van der Waals surface area contributed by atoms with Crippen molar-refractivity contribution in [2.75, 3.05) is 32.8 Å². The zero-order chi connectivity index (χ0) is 19.7. The molecule has 3 aliphatic heterocycles. The van der Waals surface area contributed by atoms with Crippen LogP contribution in [0, 0.1) is 19.3 Å². The molecule has 0 radical (unpaired) electrons. The lowest BCUT2D eigenvalue weighted by atomic mass is 9.72. The second kappa shape index (κ2) is 7.99. The molecule has 0 saturated carbocycles. The lowest BCUT2D eigenvalue weighted by Crippen LogP contribution is -2.52. The number of nitrogens with one attached hydrogen (secondary N) is 1. The number of aryl methyl sites for hydroxylation is 1. The molecule has 1 atom stereocenters. The van der Waals surface area contributed by atoms with E-state index in [9.17, 15) is 9.59 Å². The van der Waals surface area contributed by atoms with E-state index in [-0.39, 0.29) is 16.9 Å². The predicted octanol–water partition coefficient (Wildman–Crippen LogP) is 2.38. The summed E-state index contributed by atoms with van der Waals surface area (Å²) in [5, 5.41) is 0. The third-order valence-corrected chi connectivity index (χ3v) is 7.11. The summed E-state index contributed by atoms with van der Waals surface area (Å²) in [6, 6.07) is 0. The minimum absolute atomic E-state index is 0.151. The van der Waals surface area contributed by atoms with Crippen LogP contribution in [0.15, 0.2) is 11.0 Å². The van der Waals surface area contributed by atoms with Gasteiger partial charge in [0.2, 0.25) is 5.91 Å². The van der Waals surface area contributed by atoms with Gasteiger partial charge in [-0.05, 0) is 64.5 Å². The smallest absolute Gasteiger partial charge is 0.222 e. The average Bonchev–Trinajstić information content (AvgIpc) is 3.20. The molecular formula is C22H33N3O3. The van der Waals surface area contributed by atoms with E-state index in [0.29, 0.717) is 12.3 Å². The molecule has 0 bridgehead atoms. The van der Waals surface area contributed by atoms with Crippen molar-refractivity contribution >= 4 is 5.91 Å². The first-order valence-electron chi connectivity index (χ1n) is 10.8. The molecule has 154 valence electrons. The molecule has 1 spiro atoms. The minimum Gasteiger partial charge on any atom is -0.376 e. The summed E-state index contributed by atoms with van der Waals surface area (Å²) in [5.41, 5.74) is 3.06. The van der Waals surface area contributed by atoms with E-state index in [1.807, 2.05) is 20.0 Å². The Balaban J connectivity index is 1.35. The third-order valence-electron chi connectivity index (χ3n) is 7.11. The van der Waals surface area contributed by atoms with Crippen molar-refractivity contribution in [3.8, 4) is 0 Å². The number of carbonyl (C=O) groups excluding carboxylic acids is 1. The van der Waals surface area contributed by atoms with E-state index in [1.165, 1.54) is 0 Å². The number of pyridine rings is 1. The van der Waals surface area contributed by atoms with Gasteiger partial charge in [-0.25, -0.2) is 0 Å². The Hall–Kier alpha value is -1.66. The largest absolute Gasteiger partial charge is 0.376 e. The van der Waals surface area contributed by atoms with Crippen LogP contribution in [0.5, 0.6) is 0 Å². The quantitative estimate of drug-likeness (QED) is 0.861. The van der Waals surface area contributed by atoms with Crippen molar-refractivity contribution < 1.29 is 9.53 Å². The average molecular weight is 388 g/mol. The Bertz CT molecular complexity index is 774. The summed E-state index contributed by atoms with van der Waals surface area (Å²) in [5.74, 6) is 0.302. The summed E-state index contributed by atoms with van der Waals surface area (Å²) < 4.78 is 5.76. The van der Waals surface area contributed by atoms with Crippen LogP contribution < -0.4 is 5.43 Å². The van der Waals surface area contributed by atoms with Crippen molar-refractivity contribution in [1.82, 2.24) is 14.8 Å². The molecule has 3 aliphatic rings. The summed E-state index contributed by atoms with van der Waals surface area (Å²) in [7, 11) is 0. The van der Waals surface area contributed by atoms with Crippen molar-refractivity contribution in [3.05, 3.63) is 33.2 Å². The maximum atomic E-state index is 12.4. The highest BCUT2D eigenvalue weighted by Gasteiger charge is 2.41. The van der Waals surface area contributed by atoms with Crippen molar-refractivity contribution in [3.63, 3.8) is 0 Å². The van der Waals surface area contributed by atoms with E-state index < -0.39 is 0 Å². The van der Waals surface area contributed by atoms with Gasteiger partial charge in [0.25, 0.3) is 0 Å². The highest BCUT2D eigenvalue weighted by molar-refractivity contribution is 5.77. The van der Waals surface area contributed by atoms with Gasteiger partial charge in [-0.15, -0.1) is 0 Å². The number of aromatic nitrogens is 1. The number of aromatic amines is 1. The molecule has 1 N–H and O–H groups in total. The van der Waals surface area contributed by atoms with Crippen molar-refractivity contribution in [1.29, 1.82) is 0 Å². The lowest BCUT2D eigenvalue weighted by molar-refractivity contribution is -0.141. The highest BCUT2D eigenvalue weighted by Crippen LogP contribution is 2.40. The second-order valence-corrected chi connectivity index (χ2v) is 9.09. The third kappa shape index (κ3) is 4.03. The molecule has 3 saturated heterocycles. The number of H-pyrrole nitrogens is 1. The fourth-order valence-electron chi connectivity index (χ4n) is 5.09. The molecule has 1 amide bonds. The van der Waals surface area contributed by atoms with E-state index >= 15 is 0 Å². The number of amides is 1. The molecular weight excluding hydrogens is 354 g/mol. The number of nitrogens with zero attached hydrogens (tertiary/aromatic N) is 2. The summed E-state index contributed by atoms with van der Waals surface area (Å²) >= 11 is 0. The number of rotatable bonds is 4. The van der Waals surface area contributed by atoms with Crippen molar-refractivity contribution in [2.24, 2.45) is 5.41 Å². The minimum atomic E-state index is 0.151. The van der Waals surface area contributed by atoms with Crippen LogP contribution in [0.4, 0.5) is 0 Å². The van der Waals surface area contributed by atoms with Crippen LogP contribution in [-0.4, -0.2) is 59.6 Å². The molecule has 4 heterocycles. The van der Waals surface area contributed by atoms with Crippen molar-refractivity contribution in [2.45, 2.75) is 65.0 Å². The highest BCUT2D eigenvalue weighted by atomic mass is 16.5. The summed E-state index contributed by atoms with van der Waals surface area (Å²) in [6.07, 6.45) is 8.20. The van der Waals surface area contributed by atoms with Gasteiger partial charge in [0.05, 0.1) is 6.10 Å². The fraction of sp³-hybridized carbons (Fsp3) is 0.727. The zero-order valence-electron chi connectivity index (χ0n) is 17.3. The Morgan fingerprint density at radius 2 is 2.00 bits per heavy atom. The molecule has 6 heteroatoms. The monoisotopic (exact) mass is 387 g/mol. The van der Waals surface area contributed by atoms with Gasteiger partial charge in [0.15, 0.2) is 5.43 Å².